The van der Waals surface area contributed by atoms with Crippen molar-refractivity contribution in [2.24, 2.45) is 0 Å². The number of nitrogens with one attached hydrogen (secondary N) is 2. The maximum Gasteiger partial charge on any atom is 0.170 e. The number of halogens is 2. The lowest BCUT2D eigenvalue weighted by atomic mass is 10.2. The molecule has 3 nitrogen and oxygen atoms in total. The number of hydrogen-bond donors (Lipinski definition) is 2. The van der Waals surface area contributed by atoms with Gasteiger partial charge < -0.3 is 15.4 Å². The summed E-state index contributed by atoms with van der Waals surface area (Å²) >= 11 is 12.9. The van der Waals surface area contributed by atoms with Crippen LogP contribution in [-0.4, -0.2) is 24.0 Å². The summed E-state index contributed by atoms with van der Waals surface area (Å²) in [5.41, 5.74) is 1.44. The molecule has 0 aliphatic carbocycles. The Morgan fingerprint density at radius 2 is 2.00 bits per heavy atom. The molecule has 0 aliphatic heterocycles. The van der Waals surface area contributed by atoms with Crippen LogP contribution >= 0.6 is 35.6 Å². The molecular weight excluding hydrogens is 379 g/mol. The minimum absolute atomic E-state index is 0.263. The Balaban J connectivity index is 1.67. The fraction of sp³-hybridized carbons (Fsp3) is 0.278. The van der Waals surface area contributed by atoms with Crippen molar-refractivity contribution in [1.82, 2.24) is 5.32 Å². The van der Waals surface area contributed by atoms with E-state index in [2.05, 4.69) is 10.6 Å². The molecular formula is C18H20ClFN2OS2. The van der Waals surface area contributed by atoms with E-state index in [0.29, 0.717) is 34.6 Å². The number of thiocarbonyl (C=S) groups is 1. The van der Waals surface area contributed by atoms with Crippen molar-refractivity contribution >= 4 is 46.4 Å². The second-order valence-corrected chi connectivity index (χ2v) is 7.01. The standard InChI is InChI=1S/C18H20ClFN2OS2/c1-2-23-14-8-6-13(7-9-14)22-18(24)21-10-11-25-12-15-16(19)4-3-5-17(15)20/h3-9H,2,10-12H2,1H3,(H2,21,22,24). The van der Waals surface area contributed by atoms with E-state index in [4.69, 9.17) is 28.6 Å². The molecule has 2 aromatic carbocycles. The number of thioether (sulfide) groups is 1. The second kappa shape index (κ2) is 10.5. The van der Waals surface area contributed by atoms with Gasteiger partial charge in [0.15, 0.2) is 5.11 Å². The average molecular weight is 399 g/mol. The molecule has 134 valence electrons. The van der Waals surface area contributed by atoms with E-state index in [0.717, 1.165) is 17.2 Å². The lowest BCUT2D eigenvalue weighted by Crippen LogP contribution is -2.30. The van der Waals surface area contributed by atoms with E-state index in [1.165, 1.54) is 6.07 Å². The molecule has 2 rings (SSSR count). The zero-order chi connectivity index (χ0) is 18.1. The molecule has 0 saturated heterocycles. The highest BCUT2D eigenvalue weighted by Crippen LogP contribution is 2.23. The predicted molar refractivity (Wildman–Crippen MR) is 109 cm³/mol. The summed E-state index contributed by atoms with van der Waals surface area (Å²) in [5, 5.41) is 7.26. The molecule has 0 saturated carbocycles. The van der Waals surface area contributed by atoms with Crippen molar-refractivity contribution in [3.8, 4) is 5.75 Å². The Kier molecular flexibility index (Phi) is 8.31. The summed E-state index contributed by atoms with van der Waals surface area (Å²) in [7, 11) is 0. The third-order valence-electron chi connectivity index (χ3n) is 3.26. The molecule has 0 aliphatic rings. The first-order valence-corrected chi connectivity index (χ1v) is 9.82. The van der Waals surface area contributed by atoms with Gasteiger partial charge in [-0.1, -0.05) is 17.7 Å². The van der Waals surface area contributed by atoms with Crippen LogP contribution < -0.4 is 15.4 Å². The molecule has 0 spiro atoms. The topological polar surface area (TPSA) is 33.3 Å². The van der Waals surface area contributed by atoms with E-state index >= 15 is 0 Å². The summed E-state index contributed by atoms with van der Waals surface area (Å²) in [6.45, 7) is 3.27. The Labute approximate surface area is 162 Å². The highest BCUT2D eigenvalue weighted by atomic mass is 35.5. The molecule has 0 atom stereocenters. The third-order valence-corrected chi connectivity index (χ3v) is 4.85. The molecule has 2 aromatic rings. The van der Waals surface area contributed by atoms with Gasteiger partial charge in [0.05, 0.1) is 6.61 Å². The molecule has 0 unspecified atom stereocenters. The van der Waals surface area contributed by atoms with Crippen molar-refractivity contribution in [3.05, 3.63) is 58.9 Å². The predicted octanol–water partition coefficient (Wildman–Crippen LogP) is 5.10. The molecule has 2 N–H and O–H groups in total. The smallest absolute Gasteiger partial charge is 0.170 e. The van der Waals surface area contributed by atoms with Gasteiger partial charge in [0, 0.05) is 34.3 Å². The summed E-state index contributed by atoms with van der Waals surface area (Å²) in [6, 6.07) is 12.3. The van der Waals surface area contributed by atoms with Crippen LogP contribution in [0.25, 0.3) is 0 Å². The summed E-state index contributed by atoms with van der Waals surface area (Å²) in [6.07, 6.45) is 0. The van der Waals surface area contributed by atoms with Gasteiger partial charge in [0.1, 0.15) is 11.6 Å². The molecule has 0 aromatic heterocycles. The van der Waals surface area contributed by atoms with Crippen LogP contribution in [0.4, 0.5) is 10.1 Å². The zero-order valence-electron chi connectivity index (χ0n) is 13.9. The van der Waals surface area contributed by atoms with Crippen LogP contribution in [-0.2, 0) is 5.75 Å². The first-order chi connectivity index (χ1) is 12.1. The molecule has 7 heteroatoms. The van der Waals surface area contributed by atoms with Gasteiger partial charge >= 0.3 is 0 Å². The van der Waals surface area contributed by atoms with Gasteiger partial charge in [0.25, 0.3) is 0 Å². The van der Waals surface area contributed by atoms with Crippen LogP contribution in [0.5, 0.6) is 5.75 Å². The largest absolute Gasteiger partial charge is 0.494 e. The van der Waals surface area contributed by atoms with Gasteiger partial charge in [-0.05, 0) is 55.5 Å². The van der Waals surface area contributed by atoms with Crippen LogP contribution in [0.3, 0.4) is 0 Å². The number of benzene rings is 2. The number of rotatable bonds is 8. The van der Waals surface area contributed by atoms with Crippen molar-refractivity contribution in [2.45, 2.75) is 12.7 Å². The van der Waals surface area contributed by atoms with Crippen LogP contribution in [0, 0.1) is 5.82 Å². The molecule has 0 heterocycles. The van der Waals surface area contributed by atoms with Crippen molar-refractivity contribution in [2.75, 3.05) is 24.2 Å². The molecule has 0 amide bonds. The number of ether oxygens (including phenoxy) is 1. The van der Waals surface area contributed by atoms with Gasteiger partial charge in [-0.15, -0.1) is 0 Å². The first kappa shape index (κ1) is 19.8. The maximum absolute atomic E-state index is 13.7. The highest BCUT2D eigenvalue weighted by molar-refractivity contribution is 7.98. The number of hydrogen-bond acceptors (Lipinski definition) is 3. The minimum atomic E-state index is -0.263. The van der Waals surface area contributed by atoms with E-state index in [-0.39, 0.29) is 5.82 Å². The summed E-state index contributed by atoms with van der Waals surface area (Å²) in [4.78, 5) is 0. The fourth-order valence-corrected chi connectivity index (χ4v) is 3.47. The zero-order valence-corrected chi connectivity index (χ0v) is 16.2. The SMILES string of the molecule is CCOc1ccc(NC(=S)NCCSCc2c(F)cccc2Cl)cc1. The first-order valence-electron chi connectivity index (χ1n) is 7.88. The van der Waals surface area contributed by atoms with Crippen LogP contribution in [0.1, 0.15) is 12.5 Å². The lowest BCUT2D eigenvalue weighted by Gasteiger charge is -2.11. The Morgan fingerprint density at radius 1 is 1.24 bits per heavy atom. The second-order valence-electron chi connectivity index (χ2n) is 5.09. The average Bonchev–Trinajstić information content (AvgIpc) is 2.59. The monoisotopic (exact) mass is 398 g/mol. The summed E-state index contributed by atoms with van der Waals surface area (Å²) < 4.78 is 19.0. The molecule has 0 bridgehead atoms. The van der Waals surface area contributed by atoms with Gasteiger partial charge in [-0.3, -0.25) is 0 Å². The van der Waals surface area contributed by atoms with Crippen LogP contribution in [0.15, 0.2) is 42.5 Å². The van der Waals surface area contributed by atoms with Crippen molar-refractivity contribution in [3.63, 3.8) is 0 Å². The fourth-order valence-electron chi connectivity index (χ4n) is 2.06. The van der Waals surface area contributed by atoms with E-state index in [1.807, 2.05) is 31.2 Å². The van der Waals surface area contributed by atoms with E-state index < -0.39 is 0 Å². The van der Waals surface area contributed by atoms with E-state index in [1.54, 1.807) is 23.9 Å². The van der Waals surface area contributed by atoms with Crippen molar-refractivity contribution in [1.29, 1.82) is 0 Å². The molecule has 0 radical (unpaired) electrons. The Morgan fingerprint density at radius 3 is 2.68 bits per heavy atom. The molecule has 25 heavy (non-hydrogen) atoms. The van der Waals surface area contributed by atoms with Gasteiger partial charge in [0.2, 0.25) is 0 Å². The highest BCUT2D eigenvalue weighted by Gasteiger charge is 2.06. The van der Waals surface area contributed by atoms with Crippen molar-refractivity contribution < 1.29 is 9.13 Å². The van der Waals surface area contributed by atoms with Gasteiger partial charge in [-0.25, -0.2) is 4.39 Å². The maximum atomic E-state index is 13.7. The molecule has 0 fully saturated rings. The Hall–Kier alpha value is -1.50. The normalized spacial score (nSPS) is 10.4. The van der Waals surface area contributed by atoms with Gasteiger partial charge in [-0.2, -0.15) is 11.8 Å². The lowest BCUT2D eigenvalue weighted by molar-refractivity contribution is 0.340. The third kappa shape index (κ3) is 6.72. The quantitative estimate of drug-likeness (QED) is 0.477. The minimum Gasteiger partial charge on any atom is -0.494 e. The van der Waals surface area contributed by atoms with Crippen LogP contribution in [0.2, 0.25) is 5.02 Å². The van der Waals surface area contributed by atoms with E-state index in [9.17, 15) is 4.39 Å². The number of anilines is 1. The summed E-state index contributed by atoms with van der Waals surface area (Å²) in [5.74, 6) is 1.89. The Bertz CT molecular complexity index is 678.